The molecule has 0 aromatic heterocycles. The van der Waals surface area contributed by atoms with E-state index in [1.54, 1.807) is 0 Å². The van der Waals surface area contributed by atoms with E-state index in [4.69, 9.17) is 0 Å². The molecule has 0 aromatic rings. The molecule has 0 atom stereocenters. The molecule has 63 valence electrons. The van der Waals surface area contributed by atoms with Gasteiger partial charge in [0.1, 0.15) is 6.61 Å². The number of alkyl halides is 3. The molecule has 1 radical (unpaired) electrons. The highest BCUT2D eigenvalue weighted by Crippen LogP contribution is 2.11. The Balaban J connectivity index is 3.41. The predicted octanol–water partition coefficient (Wildman–Crippen LogP) is 1.79. The van der Waals surface area contributed by atoms with Gasteiger partial charge in [0.15, 0.2) is 0 Å². The monoisotopic (exact) mass is 165 g/mol. The van der Waals surface area contributed by atoms with Crippen molar-refractivity contribution in [3.05, 3.63) is 6.92 Å². The van der Waals surface area contributed by atoms with Crippen LogP contribution in [0.15, 0.2) is 0 Å². The molecule has 0 aliphatic heterocycles. The molecule has 0 aromatic carbocycles. The van der Waals surface area contributed by atoms with Crippen LogP contribution in [0.3, 0.4) is 0 Å². The fourth-order valence-electron chi connectivity index (χ4n) is 0.362. The Morgan fingerprint density at radius 1 is 1.36 bits per heavy atom. The van der Waals surface area contributed by atoms with Gasteiger partial charge in [0.2, 0.25) is 0 Å². The van der Waals surface area contributed by atoms with Crippen LogP contribution in [0, 0.1) is 18.8 Å². The first-order chi connectivity index (χ1) is 5.06. The summed E-state index contributed by atoms with van der Waals surface area (Å²) in [7, 11) is 0. The molecular weight excluding hydrogens is 157 g/mol. The largest absolute Gasteiger partial charge is 0.457 e. The van der Waals surface area contributed by atoms with Crippen LogP contribution in [-0.2, 0) is 4.74 Å². The summed E-state index contributed by atoms with van der Waals surface area (Å²) in [6.45, 7) is 3.59. The summed E-state index contributed by atoms with van der Waals surface area (Å²) in [5.41, 5.74) is 0. The van der Waals surface area contributed by atoms with Crippen LogP contribution in [0.2, 0.25) is 0 Å². The van der Waals surface area contributed by atoms with Crippen LogP contribution in [-0.4, -0.2) is 19.4 Å². The highest BCUT2D eigenvalue weighted by atomic mass is 19.4. The van der Waals surface area contributed by atoms with Gasteiger partial charge in [-0.05, 0) is 6.42 Å². The minimum atomic E-state index is -4.41. The smallest absolute Gasteiger partial charge is 0.369 e. The zero-order valence-corrected chi connectivity index (χ0v) is 5.87. The molecule has 0 spiro atoms. The highest BCUT2D eigenvalue weighted by molar-refractivity contribution is 5.05. The van der Waals surface area contributed by atoms with Crippen molar-refractivity contribution in [2.75, 3.05) is 13.2 Å². The topological polar surface area (TPSA) is 9.23 Å². The number of hydrogen-bond acceptors (Lipinski definition) is 1. The van der Waals surface area contributed by atoms with Crippen LogP contribution >= 0.6 is 0 Å². The molecule has 0 bridgehead atoms. The number of ether oxygens (including phenoxy) is 1. The molecule has 0 unspecified atom stereocenters. The summed E-state index contributed by atoms with van der Waals surface area (Å²) in [4.78, 5) is 0. The molecule has 0 heterocycles. The molecule has 1 nitrogen and oxygen atoms in total. The van der Waals surface area contributed by atoms with E-state index in [1.165, 1.54) is 0 Å². The Hall–Kier alpha value is -0.690. The Morgan fingerprint density at radius 3 is 2.45 bits per heavy atom. The molecule has 0 amide bonds. The maximum absolute atomic E-state index is 11.3. The summed E-state index contributed by atoms with van der Waals surface area (Å²) in [5, 5.41) is 0. The first-order valence-corrected chi connectivity index (χ1v) is 3.00. The highest BCUT2D eigenvalue weighted by Gasteiger charge is 2.22. The van der Waals surface area contributed by atoms with Crippen LogP contribution in [0.4, 0.5) is 13.2 Å². The summed E-state index contributed by atoms with van der Waals surface area (Å²) in [6, 6.07) is 0. The van der Waals surface area contributed by atoms with Gasteiger partial charge >= 0.3 is 6.18 Å². The lowest BCUT2D eigenvalue weighted by Crippen LogP contribution is -2.02. The van der Waals surface area contributed by atoms with Gasteiger partial charge in [-0.25, -0.2) is 0 Å². The Labute approximate surface area is 63.5 Å². The molecular formula is C7H8F3O. The van der Waals surface area contributed by atoms with Crippen LogP contribution < -0.4 is 0 Å². The summed E-state index contributed by atoms with van der Waals surface area (Å²) < 4.78 is 38.6. The summed E-state index contributed by atoms with van der Waals surface area (Å²) in [6.07, 6.45) is -3.87. The lowest BCUT2D eigenvalue weighted by Gasteiger charge is -1.94. The molecule has 0 saturated heterocycles. The van der Waals surface area contributed by atoms with Crippen molar-refractivity contribution in [1.82, 2.24) is 0 Å². The Bertz CT molecular complexity index is 151. The molecule has 4 heteroatoms. The summed E-state index contributed by atoms with van der Waals surface area (Å²) >= 11 is 0. The molecule has 0 N–H and O–H groups in total. The third-order valence-electron chi connectivity index (χ3n) is 0.693. The second kappa shape index (κ2) is 5.03. The fourth-order valence-corrected chi connectivity index (χ4v) is 0.362. The van der Waals surface area contributed by atoms with E-state index < -0.39 is 6.18 Å². The fraction of sp³-hybridized carbons (Fsp3) is 0.571. The van der Waals surface area contributed by atoms with E-state index in [9.17, 15) is 13.2 Å². The van der Waals surface area contributed by atoms with Gasteiger partial charge in [-0.3, -0.25) is 0 Å². The molecule has 11 heavy (non-hydrogen) atoms. The first kappa shape index (κ1) is 10.3. The van der Waals surface area contributed by atoms with E-state index in [0.29, 0.717) is 13.0 Å². The molecule has 0 saturated carbocycles. The van der Waals surface area contributed by atoms with E-state index in [1.807, 2.05) is 5.92 Å². The minimum Gasteiger partial charge on any atom is -0.369 e. The van der Waals surface area contributed by atoms with Crippen molar-refractivity contribution in [1.29, 1.82) is 0 Å². The van der Waals surface area contributed by atoms with Crippen molar-refractivity contribution in [3.63, 3.8) is 0 Å². The van der Waals surface area contributed by atoms with Crippen molar-refractivity contribution >= 4 is 0 Å². The van der Waals surface area contributed by atoms with Gasteiger partial charge in [-0.2, -0.15) is 13.2 Å². The maximum atomic E-state index is 11.3. The van der Waals surface area contributed by atoms with E-state index in [2.05, 4.69) is 11.7 Å². The Morgan fingerprint density at radius 2 is 2.00 bits per heavy atom. The SMILES string of the molecule is [CH2]CCOCC#CC(F)(F)F. The third-order valence-corrected chi connectivity index (χ3v) is 0.693. The van der Waals surface area contributed by atoms with Gasteiger partial charge in [-0.15, -0.1) is 0 Å². The lowest BCUT2D eigenvalue weighted by atomic mass is 10.5. The predicted molar refractivity (Wildman–Crippen MR) is 34.6 cm³/mol. The van der Waals surface area contributed by atoms with Crippen LogP contribution in [0.25, 0.3) is 0 Å². The zero-order chi connectivity index (χ0) is 8.74. The van der Waals surface area contributed by atoms with Crippen molar-refractivity contribution in [3.8, 4) is 11.8 Å². The van der Waals surface area contributed by atoms with Gasteiger partial charge in [0.05, 0.1) is 0 Å². The summed E-state index contributed by atoms with van der Waals surface area (Å²) in [5.74, 6) is 2.92. The van der Waals surface area contributed by atoms with Gasteiger partial charge in [0, 0.05) is 12.5 Å². The molecule has 0 rings (SSSR count). The van der Waals surface area contributed by atoms with Gasteiger partial charge in [-0.1, -0.05) is 12.8 Å². The van der Waals surface area contributed by atoms with Gasteiger partial charge < -0.3 is 4.74 Å². The Kier molecular flexibility index (Phi) is 4.71. The van der Waals surface area contributed by atoms with E-state index >= 15 is 0 Å². The molecule has 0 fully saturated rings. The zero-order valence-electron chi connectivity index (χ0n) is 5.87. The number of halogens is 3. The van der Waals surface area contributed by atoms with Crippen molar-refractivity contribution in [2.45, 2.75) is 12.6 Å². The quantitative estimate of drug-likeness (QED) is 0.457. The normalized spacial score (nSPS) is 10.5. The van der Waals surface area contributed by atoms with E-state index in [0.717, 1.165) is 5.92 Å². The average Bonchev–Trinajstić information content (AvgIpc) is 1.85. The van der Waals surface area contributed by atoms with Crippen molar-refractivity contribution < 1.29 is 17.9 Å². The first-order valence-electron chi connectivity index (χ1n) is 3.00. The number of rotatable bonds is 3. The second-order valence-electron chi connectivity index (χ2n) is 1.71. The van der Waals surface area contributed by atoms with E-state index in [-0.39, 0.29) is 6.61 Å². The maximum Gasteiger partial charge on any atom is 0.457 e. The minimum absolute atomic E-state index is 0.185. The standard InChI is InChI=1S/C7H8F3O/c1-2-5-11-6-3-4-7(8,9)10/h1-2,5-6H2. The molecule has 0 aliphatic rings. The van der Waals surface area contributed by atoms with Crippen molar-refractivity contribution in [2.24, 2.45) is 0 Å². The molecule has 0 aliphatic carbocycles. The third kappa shape index (κ3) is 9.31. The lowest BCUT2D eigenvalue weighted by molar-refractivity contribution is -0.0699. The van der Waals surface area contributed by atoms with Crippen LogP contribution in [0.1, 0.15) is 6.42 Å². The second-order valence-corrected chi connectivity index (χ2v) is 1.71. The van der Waals surface area contributed by atoms with Gasteiger partial charge in [0.25, 0.3) is 0 Å². The van der Waals surface area contributed by atoms with Crippen LogP contribution in [0.5, 0.6) is 0 Å². The number of hydrogen-bond donors (Lipinski definition) is 0. The average molecular weight is 165 g/mol.